The Balaban J connectivity index is 1.92. The molecule has 0 aliphatic heterocycles. The Kier molecular flexibility index (Phi) is 3.71. The molecule has 0 spiro atoms. The fraction of sp³-hybridized carbons (Fsp3) is 0.538. The second-order valence-electron chi connectivity index (χ2n) is 4.36. The van der Waals surface area contributed by atoms with Gasteiger partial charge in [0.2, 0.25) is 0 Å². The Morgan fingerprint density at radius 2 is 2.27 bits per heavy atom. The molecule has 2 heteroatoms. The standard InChI is InChI=1S/C13H18OS/c1-10(14)12-6-3-7-13(8-12)15-9-11-4-2-5-11/h3,6-8,10-11,14H,2,4-5,9H2,1H3. The number of rotatable bonds is 4. The lowest BCUT2D eigenvalue weighted by Gasteiger charge is -2.24. The minimum atomic E-state index is -0.353. The summed E-state index contributed by atoms with van der Waals surface area (Å²) >= 11 is 1.92. The zero-order valence-electron chi connectivity index (χ0n) is 9.15. The van der Waals surface area contributed by atoms with Crippen molar-refractivity contribution in [2.24, 2.45) is 5.92 Å². The molecule has 2 rings (SSSR count). The Hall–Kier alpha value is -0.470. The van der Waals surface area contributed by atoms with Gasteiger partial charge < -0.3 is 5.11 Å². The number of thioether (sulfide) groups is 1. The monoisotopic (exact) mass is 222 g/mol. The highest BCUT2D eigenvalue weighted by atomic mass is 32.2. The van der Waals surface area contributed by atoms with Gasteiger partial charge in [0.1, 0.15) is 0 Å². The second kappa shape index (κ2) is 5.04. The van der Waals surface area contributed by atoms with Gasteiger partial charge in [-0.1, -0.05) is 18.6 Å². The number of aliphatic hydroxyl groups excluding tert-OH is 1. The lowest BCUT2D eigenvalue weighted by Crippen LogP contribution is -2.13. The maximum Gasteiger partial charge on any atom is 0.0762 e. The van der Waals surface area contributed by atoms with Gasteiger partial charge in [0.25, 0.3) is 0 Å². The maximum absolute atomic E-state index is 9.47. The van der Waals surface area contributed by atoms with E-state index < -0.39 is 0 Å². The molecule has 1 aliphatic carbocycles. The molecule has 15 heavy (non-hydrogen) atoms. The lowest BCUT2D eigenvalue weighted by atomic mass is 9.87. The van der Waals surface area contributed by atoms with Crippen LogP contribution in [-0.2, 0) is 0 Å². The Morgan fingerprint density at radius 3 is 2.87 bits per heavy atom. The molecule has 0 saturated heterocycles. The van der Waals surface area contributed by atoms with Crippen LogP contribution in [0.15, 0.2) is 29.2 Å². The highest BCUT2D eigenvalue weighted by molar-refractivity contribution is 7.99. The van der Waals surface area contributed by atoms with Gasteiger partial charge in [-0.15, -0.1) is 11.8 Å². The minimum absolute atomic E-state index is 0.353. The molecule has 0 heterocycles. The quantitative estimate of drug-likeness (QED) is 0.785. The Bertz CT molecular complexity index is 318. The largest absolute Gasteiger partial charge is 0.389 e. The molecule has 1 aromatic carbocycles. The number of benzene rings is 1. The van der Waals surface area contributed by atoms with Crippen LogP contribution in [0.25, 0.3) is 0 Å². The van der Waals surface area contributed by atoms with Crippen LogP contribution in [-0.4, -0.2) is 10.9 Å². The van der Waals surface area contributed by atoms with Crippen LogP contribution < -0.4 is 0 Å². The van der Waals surface area contributed by atoms with Crippen molar-refractivity contribution in [3.05, 3.63) is 29.8 Å². The normalized spacial score (nSPS) is 18.5. The third kappa shape index (κ3) is 2.99. The fourth-order valence-electron chi connectivity index (χ4n) is 1.74. The molecular formula is C13H18OS. The van der Waals surface area contributed by atoms with Crippen LogP contribution in [0.5, 0.6) is 0 Å². The summed E-state index contributed by atoms with van der Waals surface area (Å²) < 4.78 is 0. The highest BCUT2D eigenvalue weighted by Gasteiger charge is 2.17. The summed E-state index contributed by atoms with van der Waals surface area (Å²) in [6.45, 7) is 1.82. The molecular weight excluding hydrogens is 204 g/mol. The molecule has 0 bridgehead atoms. The van der Waals surface area contributed by atoms with Crippen LogP contribution in [0.4, 0.5) is 0 Å². The van der Waals surface area contributed by atoms with E-state index in [1.807, 2.05) is 30.8 Å². The van der Waals surface area contributed by atoms with Crippen molar-refractivity contribution < 1.29 is 5.11 Å². The van der Waals surface area contributed by atoms with Gasteiger partial charge in [0, 0.05) is 10.6 Å². The number of hydrogen-bond donors (Lipinski definition) is 1. The predicted octanol–water partition coefficient (Wildman–Crippen LogP) is 3.63. The summed E-state index contributed by atoms with van der Waals surface area (Å²) in [6, 6.07) is 8.26. The van der Waals surface area contributed by atoms with E-state index in [1.54, 1.807) is 0 Å². The van der Waals surface area contributed by atoms with E-state index in [4.69, 9.17) is 0 Å². The summed E-state index contributed by atoms with van der Waals surface area (Å²) in [7, 11) is 0. The van der Waals surface area contributed by atoms with Crippen molar-refractivity contribution in [2.75, 3.05) is 5.75 Å². The van der Waals surface area contributed by atoms with Gasteiger partial charge >= 0.3 is 0 Å². The lowest BCUT2D eigenvalue weighted by molar-refractivity contribution is 0.199. The van der Waals surface area contributed by atoms with E-state index in [0.29, 0.717) is 0 Å². The minimum Gasteiger partial charge on any atom is -0.389 e. The number of hydrogen-bond acceptors (Lipinski definition) is 2. The topological polar surface area (TPSA) is 20.2 Å². The SMILES string of the molecule is CC(O)c1cccc(SCC2CCC2)c1. The average Bonchev–Trinajstić information content (AvgIpc) is 2.16. The number of aliphatic hydroxyl groups is 1. The van der Waals surface area contributed by atoms with E-state index in [0.717, 1.165) is 11.5 Å². The van der Waals surface area contributed by atoms with E-state index in [-0.39, 0.29) is 6.10 Å². The van der Waals surface area contributed by atoms with Crippen molar-refractivity contribution in [3.8, 4) is 0 Å². The molecule has 0 amide bonds. The summed E-state index contributed by atoms with van der Waals surface area (Å²) in [6.07, 6.45) is 3.87. The first-order valence-electron chi connectivity index (χ1n) is 5.66. The summed E-state index contributed by atoms with van der Waals surface area (Å²) in [5.74, 6) is 2.17. The van der Waals surface area contributed by atoms with Gasteiger partial charge in [-0.25, -0.2) is 0 Å². The molecule has 1 unspecified atom stereocenters. The van der Waals surface area contributed by atoms with Gasteiger partial charge in [0.05, 0.1) is 6.10 Å². The third-order valence-corrected chi connectivity index (χ3v) is 4.28. The molecule has 1 N–H and O–H groups in total. The van der Waals surface area contributed by atoms with Gasteiger partial charge in [-0.2, -0.15) is 0 Å². The highest BCUT2D eigenvalue weighted by Crippen LogP contribution is 2.33. The molecule has 1 nitrogen and oxygen atoms in total. The molecule has 1 fully saturated rings. The smallest absolute Gasteiger partial charge is 0.0762 e. The Labute approximate surface area is 95.9 Å². The first-order chi connectivity index (χ1) is 7.25. The first-order valence-corrected chi connectivity index (χ1v) is 6.65. The van der Waals surface area contributed by atoms with E-state index >= 15 is 0 Å². The van der Waals surface area contributed by atoms with Crippen LogP contribution in [0, 0.1) is 5.92 Å². The van der Waals surface area contributed by atoms with E-state index in [9.17, 15) is 5.11 Å². The second-order valence-corrected chi connectivity index (χ2v) is 5.45. The zero-order chi connectivity index (χ0) is 10.7. The third-order valence-electron chi connectivity index (χ3n) is 3.05. The molecule has 1 aromatic rings. The van der Waals surface area contributed by atoms with Gasteiger partial charge in [-0.05, 0) is 43.4 Å². The molecule has 0 aromatic heterocycles. The van der Waals surface area contributed by atoms with E-state index in [2.05, 4.69) is 12.1 Å². The summed E-state index contributed by atoms with van der Waals surface area (Å²) in [5.41, 5.74) is 1.02. The van der Waals surface area contributed by atoms with Crippen LogP contribution in [0.3, 0.4) is 0 Å². The molecule has 82 valence electrons. The summed E-state index contributed by atoms with van der Waals surface area (Å²) in [4.78, 5) is 1.29. The van der Waals surface area contributed by atoms with Crippen LogP contribution in [0.2, 0.25) is 0 Å². The van der Waals surface area contributed by atoms with Gasteiger partial charge in [0.15, 0.2) is 0 Å². The van der Waals surface area contributed by atoms with Crippen molar-refractivity contribution in [1.82, 2.24) is 0 Å². The zero-order valence-corrected chi connectivity index (χ0v) is 9.96. The summed E-state index contributed by atoms with van der Waals surface area (Å²) in [5, 5.41) is 9.47. The average molecular weight is 222 g/mol. The van der Waals surface area contributed by atoms with E-state index in [1.165, 1.54) is 29.9 Å². The molecule has 1 saturated carbocycles. The van der Waals surface area contributed by atoms with Crippen molar-refractivity contribution >= 4 is 11.8 Å². The molecule has 0 radical (unpaired) electrons. The van der Waals surface area contributed by atoms with Crippen LogP contribution >= 0.6 is 11.8 Å². The van der Waals surface area contributed by atoms with Crippen molar-refractivity contribution in [3.63, 3.8) is 0 Å². The predicted molar refractivity (Wildman–Crippen MR) is 65.1 cm³/mol. The van der Waals surface area contributed by atoms with Crippen molar-refractivity contribution in [2.45, 2.75) is 37.2 Å². The molecule has 1 atom stereocenters. The fourth-order valence-corrected chi connectivity index (χ4v) is 2.89. The van der Waals surface area contributed by atoms with Gasteiger partial charge in [-0.3, -0.25) is 0 Å². The van der Waals surface area contributed by atoms with Crippen molar-refractivity contribution in [1.29, 1.82) is 0 Å². The molecule has 1 aliphatic rings. The maximum atomic E-state index is 9.47. The first kappa shape index (κ1) is 11.0. The Morgan fingerprint density at radius 1 is 1.47 bits per heavy atom. The van der Waals surface area contributed by atoms with Crippen LogP contribution in [0.1, 0.15) is 37.9 Å².